The number of hydrogen-bond donors (Lipinski definition) is 2. The Balaban J connectivity index is 1.88. The summed E-state index contributed by atoms with van der Waals surface area (Å²) in [5, 5.41) is 20.1. The van der Waals surface area contributed by atoms with Gasteiger partial charge in [0, 0.05) is 0 Å². The maximum atomic E-state index is 10.5. The van der Waals surface area contributed by atoms with Crippen LogP contribution in [0.3, 0.4) is 0 Å². The maximum absolute atomic E-state index is 10.5. The van der Waals surface area contributed by atoms with Gasteiger partial charge in [-0.1, -0.05) is 13.0 Å². The first-order chi connectivity index (χ1) is 9.30. The van der Waals surface area contributed by atoms with Gasteiger partial charge in [-0.3, -0.25) is 0 Å². The van der Waals surface area contributed by atoms with Crippen LogP contribution in [0.1, 0.15) is 63.5 Å². The topological polar surface area (TPSA) is 40.5 Å². The molecule has 0 saturated heterocycles. The Morgan fingerprint density at radius 1 is 1.25 bits per heavy atom. The van der Waals surface area contributed by atoms with Crippen LogP contribution in [0, 0.1) is 11.3 Å². The van der Waals surface area contributed by atoms with Crippen LogP contribution in [0.5, 0.6) is 5.75 Å². The van der Waals surface area contributed by atoms with Crippen molar-refractivity contribution >= 4 is 0 Å². The zero-order valence-electron chi connectivity index (χ0n) is 12.8. The van der Waals surface area contributed by atoms with Crippen molar-refractivity contribution in [2.45, 2.75) is 64.4 Å². The Morgan fingerprint density at radius 3 is 2.70 bits per heavy atom. The molecule has 1 aromatic rings. The van der Waals surface area contributed by atoms with Crippen molar-refractivity contribution in [2.75, 3.05) is 0 Å². The van der Waals surface area contributed by atoms with Gasteiger partial charge < -0.3 is 10.2 Å². The second-order valence-corrected chi connectivity index (χ2v) is 7.65. The molecule has 0 radical (unpaired) electrons. The fourth-order valence-electron chi connectivity index (χ4n) is 4.31. The van der Waals surface area contributed by atoms with E-state index in [-0.39, 0.29) is 5.41 Å². The minimum absolute atomic E-state index is 0.0303. The fraction of sp³-hybridized carbons (Fsp3) is 0.667. The van der Waals surface area contributed by atoms with Crippen molar-refractivity contribution in [2.24, 2.45) is 11.3 Å². The number of aliphatic hydroxyl groups is 1. The van der Waals surface area contributed by atoms with E-state index in [0.29, 0.717) is 17.6 Å². The van der Waals surface area contributed by atoms with Gasteiger partial charge in [0.1, 0.15) is 5.75 Å². The standard InChI is InChI=1S/C18H26O2/c1-17(2,20)18(3)9-8-16-13(11-18)5-4-12-10-14(19)6-7-15(12)16/h6-7,10,13,16,19-20H,4-5,8-9,11H2,1-3H3/t13-,16-,18-/m0/s1. The quantitative estimate of drug-likeness (QED) is 0.812. The van der Waals surface area contributed by atoms with Gasteiger partial charge in [0.15, 0.2) is 0 Å². The Kier molecular flexibility index (Phi) is 3.13. The zero-order valence-corrected chi connectivity index (χ0v) is 12.8. The van der Waals surface area contributed by atoms with Crippen LogP contribution < -0.4 is 0 Å². The average Bonchev–Trinajstić information content (AvgIpc) is 2.36. The van der Waals surface area contributed by atoms with Crippen LogP contribution in [-0.2, 0) is 6.42 Å². The molecule has 2 nitrogen and oxygen atoms in total. The van der Waals surface area contributed by atoms with Gasteiger partial charge in [0.25, 0.3) is 0 Å². The van der Waals surface area contributed by atoms with Crippen LogP contribution >= 0.6 is 0 Å². The molecule has 0 amide bonds. The molecule has 1 aromatic carbocycles. The molecule has 1 saturated carbocycles. The van der Waals surface area contributed by atoms with E-state index in [0.717, 1.165) is 25.7 Å². The molecular weight excluding hydrogens is 248 g/mol. The molecule has 1 fully saturated rings. The van der Waals surface area contributed by atoms with Crippen LogP contribution in [0.15, 0.2) is 18.2 Å². The normalized spacial score (nSPS) is 33.4. The first-order valence-electron chi connectivity index (χ1n) is 7.84. The van der Waals surface area contributed by atoms with Gasteiger partial charge >= 0.3 is 0 Å². The summed E-state index contributed by atoms with van der Waals surface area (Å²) in [5.41, 5.74) is 2.20. The van der Waals surface area contributed by atoms with Crippen molar-refractivity contribution in [1.29, 1.82) is 0 Å². The van der Waals surface area contributed by atoms with Gasteiger partial charge in [0.2, 0.25) is 0 Å². The molecule has 2 N–H and O–H groups in total. The maximum Gasteiger partial charge on any atom is 0.115 e. The number of aryl methyl sites for hydroxylation is 1. The first kappa shape index (κ1) is 13.9. The lowest BCUT2D eigenvalue weighted by Gasteiger charge is -2.50. The zero-order chi connectivity index (χ0) is 14.5. The Hall–Kier alpha value is -1.02. The van der Waals surface area contributed by atoms with Gasteiger partial charge in [-0.05, 0) is 86.5 Å². The molecule has 3 rings (SSSR count). The van der Waals surface area contributed by atoms with E-state index < -0.39 is 5.60 Å². The summed E-state index contributed by atoms with van der Waals surface area (Å²) in [6.45, 7) is 6.17. The highest BCUT2D eigenvalue weighted by Crippen LogP contribution is 2.54. The fourth-order valence-corrected chi connectivity index (χ4v) is 4.31. The molecule has 0 bridgehead atoms. The lowest BCUT2D eigenvalue weighted by molar-refractivity contribution is -0.0820. The predicted octanol–water partition coefficient (Wildman–Crippen LogP) is 4.00. The average molecular weight is 274 g/mol. The van der Waals surface area contributed by atoms with E-state index in [1.54, 1.807) is 0 Å². The molecule has 0 aliphatic heterocycles. The van der Waals surface area contributed by atoms with E-state index in [1.165, 1.54) is 17.5 Å². The molecule has 3 atom stereocenters. The SMILES string of the molecule is CC(C)(O)[C@@]1(C)CC[C@@H]2c3ccc(O)cc3CC[C@H]2C1. The van der Waals surface area contributed by atoms with E-state index in [2.05, 4.69) is 13.0 Å². The third kappa shape index (κ3) is 2.14. The third-order valence-electron chi connectivity index (χ3n) is 6.08. The van der Waals surface area contributed by atoms with E-state index in [4.69, 9.17) is 0 Å². The smallest absolute Gasteiger partial charge is 0.115 e. The number of benzene rings is 1. The summed E-state index contributed by atoms with van der Waals surface area (Å²) in [5.74, 6) is 1.69. The third-order valence-corrected chi connectivity index (χ3v) is 6.08. The van der Waals surface area contributed by atoms with Crippen molar-refractivity contribution in [3.05, 3.63) is 29.3 Å². The van der Waals surface area contributed by atoms with Gasteiger partial charge in [-0.15, -0.1) is 0 Å². The summed E-state index contributed by atoms with van der Waals surface area (Å²) in [6.07, 6.45) is 5.60. The summed E-state index contributed by atoms with van der Waals surface area (Å²) in [7, 11) is 0. The highest BCUT2D eigenvalue weighted by molar-refractivity contribution is 5.39. The first-order valence-corrected chi connectivity index (χ1v) is 7.84. The lowest BCUT2D eigenvalue weighted by Crippen LogP contribution is -2.46. The molecule has 2 aliphatic rings. The van der Waals surface area contributed by atoms with Gasteiger partial charge in [0.05, 0.1) is 5.60 Å². The minimum atomic E-state index is -0.604. The van der Waals surface area contributed by atoms with E-state index in [9.17, 15) is 10.2 Å². The Bertz CT molecular complexity index is 515. The minimum Gasteiger partial charge on any atom is -0.508 e. The van der Waals surface area contributed by atoms with Crippen molar-refractivity contribution in [3.8, 4) is 5.75 Å². The predicted molar refractivity (Wildman–Crippen MR) is 80.9 cm³/mol. The van der Waals surface area contributed by atoms with E-state index in [1.807, 2.05) is 26.0 Å². The monoisotopic (exact) mass is 274 g/mol. The van der Waals surface area contributed by atoms with Crippen LogP contribution in [-0.4, -0.2) is 15.8 Å². The molecular formula is C18H26O2. The molecule has 0 aromatic heterocycles. The molecule has 2 heteroatoms. The van der Waals surface area contributed by atoms with Crippen molar-refractivity contribution in [3.63, 3.8) is 0 Å². The number of phenolic OH excluding ortho intramolecular Hbond substituents is 1. The highest BCUT2D eigenvalue weighted by atomic mass is 16.3. The second-order valence-electron chi connectivity index (χ2n) is 7.65. The van der Waals surface area contributed by atoms with Crippen LogP contribution in [0.4, 0.5) is 0 Å². The Morgan fingerprint density at radius 2 is 2.00 bits per heavy atom. The second kappa shape index (κ2) is 4.49. The summed E-state index contributed by atoms with van der Waals surface area (Å²) < 4.78 is 0. The molecule has 0 heterocycles. The number of aromatic hydroxyl groups is 1. The van der Waals surface area contributed by atoms with Crippen molar-refractivity contribution < 1.29 is 10.2 Å². The number of phenols is 1. The van der Waals surface area contributed by atoms with Gasteiger partial charge in [-0.2, -0.15) is 0 Å². The number of hydrogen-bond acceptors (Lipinski definition) is 2. The molecule has 0 spiro atoms. The van der Waals surface area contributed by atoms with E-state index >= 15 is 0 Å². The molecule has 2 aliphatic carbocycles. The highest BCUT2D eigenvalue weighted by Gasteiger charge is 2.47. The van der Waals surface area contributed by atoms with Crippen LogP contribution in [0.25, 0.3) is 0 Å². The largest absolute Gasteiger partial charge is 0.508 e. The Labute approximate surface area is 121 Å². The summed E-state index contributed by atoms with van der Waals surface area (Å²) in [6, 6.07) is 5.88. The summed E-state index contributed by atoms with van der Waals surface area (Å²) in [4.78, 5) is 0. The lowest BCUT2D eigenvalue weighted by atomic mass is 9.56. The van der Waals surface area contributed by atoms with Gasteiger partial charge in [-0.25, -0.2) is 0 Å². The van der Waals surface area contributed by atoms with Crippen LogP contribution in [0.2, 0.25) is 0 Å². The summed E-state index contributed by atoms with van der Waals surface area (Å²) >= 11 is 0. The number of rotatable bonds is 1. The number of fused-ring (bicyclic) bond motifs is 3. The molecule has 0 unspecified atom stereocenters. The molecule has 20 heavy (non-hydrogen) atoms. The molecule has 110 valence electrons. The van der Waals surface area contributed by atoms with Crippen molar-refractivity contribution in [1.82, 2.24) is 0 Å².